The molecule has 0 bridgehead atoms. The number of benzene rings is 1. The van der Waals surface area contributed by atoms with Crippen molar-refractivity contribution >= 4 is 21.6 Å². The first-order valence-corrected chi connectivity index (χ1v) is 10.8. The van der Waals surface area contributed by atoms with Crippen molar-refractivity contribution in [2.45, 2.75) is 30.8 Å². The molecular formula is C19H21N5O4S. The van der Waals surface area contributed by atoms with Crippen molar-refractivity contribution in [3.05, 3.63) is 49.1 Å². The summed E-state index contributed by atoms with van der Waals surface area (Å²) in [6.45, 7) is 0.976. The van der Waals surface area contributed by atoms with Gasteiger partial charge in [0, 0.05) is 36.6 Å². The number of imidazole rings is 1. The van der Waals surface area contributed by atoms with E-state index in [1.54, 1.807) is 30.5 Å². The minimum atomic E-state index is -3.61. The smallest absolute Gasteiger partial charge is 0.262 e. The average Bonchev–Trinajstić information content (AvgIpc) is 3.41. The summed E-state index contributed by atoms with van der Waals surface area (Å²) in [5.41, 5.74) is 1.39. The van der Waals surface area contributed by atoms with Crippen LogP contribution in [0.25, 0.3) is 11.3 Å². The normalized spacial score (nSPS) is 15.3. The van der Waals surface area contributed by atoms with Crippen LogP contribution in [0.1, 0.15) is 19.3 Å². The highest BCUT2D eigenvalue weighted by atomic mass is 32.2. The molecule has 3 aromatic rings. The van der Waals surface area contributed by atoms with Gasteiger partial charge in [-0.05, 0) is 25.0 Å². The summed E-state index contributed by atoms with van der Waals surface area (Å²) in [4.78, 5) is 16.4. The summed E-state index contributed by atoms with van der Waals surface area (Å²) in [5, 5.41) is 6.44. The molecule has 0 aliphatic carbocycles. The number of aromatic nitrogens is 3. The molecule has 152 valence electrons. The molecule has 10 heteroatoms. The first kappa shape index (κ1) is 19.3. The van der Waals surface area contributed by atoms with Crippen LogP contribution < -0.4 is 5.32 Å². The van der Waals surface area contributed by atoms with Crippen LogP contribution in [-0.2, 0) is 21.4 Å². The van der Waals surface area contributed by atoms with Crippen LogP contribution in [0.2, 0.25) is 0 Å². The molecule has 1 N–H and O–H groups in total. The van der Waals surface area contributed by atoms with Gasteiger partial charge >= 0.3 is 0 Å². The number of piperidine rings is 1. The Hall–Kier alpha value is -2.98. The lowest BCUT2D eigenvalue weighted by molar-refractivity contribution is -0.116. The molecule has 0 atom stereocenters. The lowest BCUT2D eigenvalue weighted by Gasteiger charge is -2.24. The summed E-state index contributed by atoms with van der Waals surface area (Å²) >= 11 is 0. The third-order valence-corrected chi connectivity index (χ3v) is 6.51. The number of rotatable bonds is 6. The van der Waals surface area contributed by atoms with Crippen LogP contribution in [0, 0.1) is 0 Å². The van der Waals surface area contributed by atoms with Gasteiger partial charge in [0.15, 0.2) is 10.8 Å². The monoisotopic (exact) mass is 415 g/mol. The molecule has 0 spiro atoms. The molecular weight excluding hydrogens is 394 g/mol. The predicted octanol–water partition coefficient (Wildman–Crippen LogP) is 2.35. The van der Waals surface area contributed by atoms with Crippen molar-refractivity contribution in [1.82, 2.24) is 19.0 Å². The maximum absolute atomic E-state index is 12.7. The lowest BCUT2D eigenvalue weighted by Crippen LogP contribution is -2.35. The van der Waals surface area contributed by atoms with Crippen molar-refractivity contribution in [1.29, 1.82) is 0 Å². The van der Waals surface area contributed by atoms with Gasteiger partial charge in [0.25, 0.3) is 10.0 Å². The number of hydrogen-bond acceptors (Lipinski definition) is 6. The second-order valence-corrected chi connectivity index (χ2v) is 8.74. The highest BCUT2D eigenvalue weighted by molar-refractivity contribution is 7.89. The molecule has 0 saturated carbocycles. The Balaban J connectivity index is 1.41. The van der Waals surface area contributed by atoms with Crippen molar-refractivity contribution in [3.63, 3.8) is 0 Å². The molecule has 1 amide bonds. The molecule has 4 rings (SSSR count). The van der Waals surface area contributed by atoms with Crippen LogP contribution in [-0.4, -0.2) is 46.4 Å². The Bertz CT molecular complexity index is 1090. The van der Waals surface area contributed by atoms with Crippen molar-refractivity contribution < 1.29 is 17.7 Å². The summed E-state index contributed by atoms with van der Waals surface area (Å²) in [6.07, 6.45) is 7.06. The Morgan fingerprint density at radius 2 is 2.00 bits per heavy atom. The summed E-state index contributed by atoms with van der Waals surface area (Å²) < 4.78 is 33.4. The first-order valence-electron chi connectivity index (χ1n) is 9.35. The maximum atomic E-state index is 12.7. The summed E-state index contributed by atoms with van der Waals surface area (Å²) in [6, 6.07) is 8.92. The number of nitrogens with one attached hydrogen (secondary N) is 1. The molecule has 9 nitrogen and oxygen atoms in total. The van der Waals surface area contributed by atoms with E-state index >= 15 is 0 Å². The largest absolute Gasteiger partial charge is 0.356 e. The number of nitrogens with zero attached hydrogens (tertiary/aromatic N) is 4. The highest BCUT2D eigenvalue weighted by Crippen LogP contribution is 2.22. The Morgan fingerprint density at radius 1 is 1.17 bits per heavy atom. The fourth-order valence-corrected chi connectivity index (χ4v) is 4.73. The van der Waals surface area contributed by atoms with Gasteiger partial charge < -0.3 is 14.4 Å². The topological polar surface area (TPSA) is 110 Å². The minimum Gasteiger partial charge on any atom is -0.356 e. The number of anilines is 1. The highest BCUT2D eigenvalue weighted by Gasteiger charge is 2.28. The Labute approximate surface area is 168 Å². The van der Waals surface area contributed by atoms with Crippen molar-refractivity contribution in [3.8, 4) is 11.3 Å². The van der Waals surface area contributed by atoms with Gasteiger partial charge in [0.05, 0.1) is 12.5 Å². The Morgan fingerprint density at radius 3 is 2.76 bits per heavy atom. The standard InChI is InChI=1S/C19H21N5O4S/c25-18(22-16-6-4-5-15(11-16)17-7-8-21-28-17)12-23-13-19(20-14-23)29(26,27)24-9-2-1-3-10-24/h4-8,11,13-14H,1-3,9-10,12H2,(H,22,25). The van der Waals surface area contributed by atoms with E-state index in [-0.39, 0.29) is 17.5 Å². The molecule has 0 unspecified atom stereocenters. The summed E-state index contributed by atoms with van der Waals surface area (Å²) in [5.74, 6) is 0.308. The van der Waals surface area contributed by atoms with E-state index in [0.29, 0.717) is 24.5 Å². The number of carbonyl (C=O) groups is 1. The van der Waals surface area contributed by atoms with Gasteiger partial charge in [0.1, 0.15) is 6.54 Å². The van der Waals surface area contributed by atoms with Gasteiger partial charge in [-0.1, -0.05) is 23.7 Å². The number of amides is 1. The zero-order chi connectivity index (χ0) is 20.3. The van der Waals surface area contributed by atoms with E-state index in [9.17, 15) is 13.2 Å². The van der Waals surface area contributed by atoms with Crippen molar-refractivity contribution in [2.75, 3.05) is 18.4 Å². The van der Waals surface area contributed by atoms with Gasteiger partial charge in [-0.2, -0.15) is 4.31 Å². The number of carbonyl (C=O) groups excluding carboxylic acids is 1. The molecule has 3 heterocycles. The van der Waals surface area contributed by atoms with Gasteiger partial charge in [0.2, 0.25) is 5.91 Å². The molecule has 1 aromatic carbocycles. The summed E-state index contributed by atoms with van der Waals surface area (Å²) in [7, 11) is -3.61. The number of sulfonamides is 1. The molecule has 1 aliphatic heterocycles. The van der Waals surface area contributed by atoms with E-state index < -0.39 is 10.0 Å². The molecule has 1 fully saturated rings. The van der Waals surface area contributed by atoms with E-state index in [4.69, 9.17) is 4.52 Å². The third-order valence-electron chi connectivity index (χ3n) is 4.72. The van der Waals surface area contributed by atoms with Gasteiger partial charge in [-0.25, -0.2) is 13.4 Å². The fraction of sp³-hybridized carbons (Fsp3) is 0.316. The van der Waals surface area contributed by atoms with E-state index in [0.717, 1.165) is 24.8 Å². The molecule has 1 aliphatic rings. The van der Waals surface area contributed by atoms with Gasteiger partial charge in [-0.3, -0.25) is 4.79 Å². The van der Waals surface area contributed by atoms with Gasteiger partial charge in [-0.15, -0.1) is 0 Å². The molecule has 0 radical (unpaired) electrons. The number of hydrogen-bond donors (Lipinski definition) is 1. The zero-order valence-electron chi connectivity index (χ0n) is 15.7. The van der Waals surface area contributed by atoms with Crippen LogP contribution in [0.15, 0.2) is 58.6 Å². The second kappa shape index (κ2) is 8.18. The minimum absolute atomic E-state index is 0.0282. The second-order valence-electron chi connectivity index (χ2n) is 6.85. The van der Waals surface area contributed by atoms with Crippen LogP contribution in [0.3, 0.4) is 0 Å². The fourth-order valence-electron chi connectivity index (χ4n) is 3.28. The van der Waals surface area contributed by atoms with Crippen LogP contribution in [0.5, 0.6) is 0 Å². The first-order chi connectivity index (χ1) is 14.0. The van der Waals surface area contributed by atoms with Crippen molar-refractivity contribution in [2.24, 2.45) is 0 Å². The Kier molecular flexibility index (Phi) is 5.45. The third kappa shape index (κ3) is 4.38. The van der Waals surface area contributed by atoms with Crippen LogP contribution in [0.4, 0.5) is 5.69 Å². The quantitative estimate of drug-likeness (QED) is 0.662. The zero-order valence-corrected chi connectivity index (χ0v) is 16.5. The lowest BCUT2D eigenvalue weighted by atomic mass is 10.1. The SMILES string of the molecule is O=C(Cn1cnc(S(=O)(=O)N2CCCCC2)c1)Nc1cccc(-c2ccno2)c1. The van der Waals surface area contributed by atoms with Crippen LogP contribution >= 0.6 is 0 Å². The average molecular weight is 415 g/mol. The van der Waals surface area contributed by atoms with E-state index in [1.165, 1.54) is 21.4 Å². The van der Waals surface area contributed by atoms with E-state index in [2.05, 4.69) is 15.5 Å². The molecule has 29 heavy (non-hydrogen) atoms. The molecule has 1 saturated heterocycles. The predicted molar refractivity (Wildman–Crippen MR) is 105 cm³/mol. The molecule has 2 aromatic heterocycles. The maximum Gasteiger partial charge on any atom is 0.262 e. The van der Waals surface area contributed by atoms with E-state index in [1.807, 2.05) is 6.07 Å².